The maximum absolute atomic E-state index is 11.8. The molecule has 0 atom stereocenters. The first-order valence-electron chi connectivity index (χ1n) is 7.15. The molecule has 5 heteroatoms. The van der Waals surface area contributed by atoms with Crippen LogP contribution in [0.1, 0.15) is 50.0 Å². The Morgan fingerprint density at radius 2 is 1.55 bits per heavy atom. The van der Waals surface area contributed by atoms with E-state index < -0.39 is 5.60 Å². The highest BCUT2D eigenvalue weighted by Crippen LogP contribution is 2.32. The third kappa shape index (κ3) is 5.06. The van der Waals surface area contributed by atoms with Crippen LogP contribution in [0.3, 0.4) is 0 Å². The number of ketones is 1. The number of methoxy groups -OCH3 is 2. The predicted molar refractivity (Wildman–Crippen MR) is 83.7 cm³/mol. The maximum atomic E-state index is 11.8. The minimum atomic E-state index is -0.510. The molecular weight excluding hydrogens is 284 g/mol. The van der Waals surface area contributed by atoms with Crippen molar-refractivity contribution in [3.05, 3.63) is 23.3 Å². The van der Waals surface area contributed by atoms with Crippen LogP contribution in [0.4, 0.5) is 0 Å². The van der Waals surface area contributed by atoms with E-state index in [1.54, 1.807) is 12.1 Å². The number of esters is 1. The van der Waals surface area contributed by atoms with E-state index >= 15 is 0 Å². The molecule has 0 aliphatic rings. The Balaban J connectivity index is 2.98. The molecule has 0 bridgehead atoms. The molecule has 0 aliphatic carbocycles. The molecular formula is C17H24O5. The second kappa shape index (κ2) is 7.29. The summed E-state index contributed by atoms with van der Waals surface area (Å²) in [6, 6.07) is 3.32. The molecule has 1 rings (SSSR count). The van der Waals surface area contributed by atoms with Crippen molar-refractivity contribution in [2.75, 3.05) is 14.2 Å². The lowest BCUT2D eigenvalue weighted by Crippen LogP contribution is -2.24. The molecule has 5 nitrogen and oxygen atoms in total. The van der Waals surface area contributed by atoms with Crippen LogP contribution in [-0.4, -0.2) is 31.6 Å². The summed E-state index contributed by atoms with van der Waals surface area (Å²) in [7, 11) is 3.05. The molecule has 0 aromatic heterocycles. The molecule has 0 spiro atoms. The fourth-order valence-corrected chi connectivity index (χ4v) is 2.05. The molecule has 0 unspecified atom stereocenters. The Bertz CT molecular complexity index is 530. The standard InChI is InChI=1S/C17H24O5/c1-11(18)12-9-14(20-5)13(15(10-12)21-6)7-8-16(19)22-17(2,3)4/h9-10H,7-8H2,1-6H3. The summed E-state index contributed by atoms with van der Waals surface area (Å²) in [5, 5.41) is 0. The number of benzene rings is 1. The third-order valence-corrected chi connectivity index (χ3v) is 3.01. The van der Waals surface area contributed by atoms with Gasteiger partial charge < -0.3 is 14.2 Å². The zero-order valence-electron chi connectivity index (χ0n) is 14.1. The van der Waals surface area contributed by atoms with Crippen molar-refractivity contribution in [2.24, 2.45) is 0 Å². The topological polar surface area (TPSA) is 61.8 Å². The van der Waals surface area contributed by atoms with E-state index in [1.165, 1.54) is 21.1 Å². The molecule has 22 heavy (non-hydrogen) atoms. The van der Waals surface area contributed by atoms with E-state index in [1.807, 2.05) is 20.8 Å². The summed E-state index contributed by atoms with van der Waals surface area (Å²) in [6.07, 6.45) is 0.628. The molecule has 0 amide bonds. The summed E-state index contributed by atoms with van der Waals surface area (Å²) in [6.45, 7) is 6.96. The molecule has 122 valence electrons. The number of Topliss-reactive ketones (excluding diaryl/α,β-unsaturated/α-hetero) is 1. The van der Waals surface area contributed by atoms with Crippen LogP contribution in [0.5, 0.6) is 11.5 Å². The van der Waals surface area contributed by atoms with Gasteiger partial charge in [0.25, 0.3) is 0 Å². The number of ether oxygens (including phenoxy) is 3. The van der Waals surface area contributed by atoms with Gasteiger partial charge in [0.05, 0.1) is 14.2 Å². The molecule has 0 radical (unpaired) electrons. The van der Waals surface area contributed by atoms with Gasteiger partial charge in [-0.15, -0.1) is 0 Å². The molecule has 0 heterocycles. The second-order valence-corrected chi connectivity index (χ2v) is 6.00. The summed E-state index contributed by atoms with van der Waals surface area (Å²) in [5.41, 5.74) is 0.750. The van der Waals surface area contributed by atoms with E-state index in [-0.39, 0.29) is 18.2 Å². The van der Waals surface area contributed by atoms with Gasteiger partial charge >= 0.3 is 5.97 Å². The SMILES string of the molecule is COc1cc(C(C)=O)cc(OC)c1CCC(=O)OC(C)(C)C. The summed E-state index contributed by atoms with van der Waals surface area (Å²) >= 11 is 0. The molecule has 0 aliphatic heterocycles. The van der Waals surface area contributed by atoms with Gasteiger partial charge in [-0.3, -0.25) is 9.59 Å². The van der Waals surface area contributed by atoms with Crippen LogP contribution in [0.25, 0.3) is 0 Å². The van der Waals surface area contributed by atoms with E-state index in [0.717, 1.165) is 5.56 Å². The van der Waals surface area contributed by atoms with Crippen molar-refractivity contribution >= 4 is 11.8 Å². The van der Waals surface area contributed by atoms with E-state index in [9.17, 15) is 9.59 Å². The van der Waals surface area contributed by atoms with Crippen molar-refractivity contribution in [1.82, 2.24) is 0 Å². The highest BCUT2D eigenvalue weighted by molar-refractivity contribution is 5.95. The Kier molecular flexibility index (Phi) is 5.97. The van der Waals surface area contributed by atoms with Gasteiger partial charge in [-0.1, -0.05) is 0 Å². The highest BCUT2D eigenvalue weighted by Gasteiger charge is 2.19. The van der Waals surface area contributed by atoms with Gasteiger partial charge in [-0.2, -0.15) is 0 Å². The predicted octanol–water partition coefficient (Wildman–Crippen LogP) is 3.18. The average Bonchev–Trinajstić information content (AvgIpc) is 2.41. The zero-order chi connectivity index (χ0) is 16.9. The molecule has 0 fully saturated rings. The Labute approximate surface area is 131 Å². The Hall–Kier alpha value is -2.04. The lowest BCUT2D eigenvalue weighted by molar-refractivity contribution is -0.154. The summed E-state index contributed by atoms with van der Waals surface area (Å²) in [5.74, 6) is 0.712. The Morgan fingerprint density at radius 3 is 1.91 bits per heavy atom. The highest BCUT2D eigenvalue weighted by atomic mass is 16.6. The molecule has 0 N–H and O–H groups in total. The van der Waals surface area contributed by atoms with Crippen LogP contribution >= 0.6 is 0 Å². The van der Waals surface area contributed by atoms with Gasteiger partial charge in [0.15, 0.2) is 5.78 Å². The van der Waals surface area contributed by atoms with E-state index in [4.69, 9.17) is 14.2 Å². The van der Waals surface area contributed by atoms with E-state index in [2.05, 4.69) is 0 Å². The fraction of sp³-hybridized carbons (Fsp3) is 0.529. The van der Waals surface area contributed by atoms with Crippen LogP contribution < -0.4 is 9.47 Å². The summed E-state index contributed by atoms with van der Waals surface area (Å²) in [4.78, 5) is 23.4. The lowest BCUT2D eigenvalue weighted by atomic mass is 10.0. The maximum Gasteiger partial charge on any atom is 0.306 e. The van der Waals surface area contributed by atoms with Crippen LogP contribution in [0.2, 0.25) is 0 Å². The first-order chi connectivity index (χ1) is 10.2. The van der Waals surface area contributed by atoms with Gasteiger partial charge in [-0.05, 0) is 46.2 Å². The van der Waals surface area contributed by atoms with Gasteiger partial charge in [-0.25, -0.2) is 0 Å². The van der Waals surface area contributed by atoms with Crippen LogP contribution in [0.15, 0.2) is 12.1 Å². The molecule has 0 saturated heterocycles. The average molecular weight is 308 g/mol. The molecule has 0 saturated carbocycles. The monoisotopic (exact) mass is 308 g/mol. The molecule has 1 aromatic carbocycles. The van der Waals surface area contributed by atoms with Crippen LogP contribution in [-0.2, 0) is 16.0 Å². The quantitative estimate of drug-likeness (QED) is 0.596. The third-order valence-electron chi connectivity index (χ3n) is 3.01. The first kappa shape index (κ1) is 18.0. The first-order valence-corrected chi connectivity index (χ1v) is 7.15. The number of carbonyl (C=O) groups is 2. The molecule has 1 aromatic rings. The smallest absolute Gasteiger partial charge is 0.306 e. The van der Waals surface area contributed by atoms with Crippen molar-refractivity contribution in [2.45, 2.75) is 46.1 Å². The summed E-state index contributed by atoms with van der Waals surface area (Å²) < 4.78 is 15.9. The minimum absolute atomic E-state index is 0.0738. The number of hydrogen-bond acceptors (Lipinski definition) is 5. The lowest BCUT2D eigenvalue weighted by Gasteiger charge is -2.20. The number of rotatable bonds is 6. The zero-order valence-corrected chi connectivity index (χ0v) is 14.1. The van der Waals surface area contributed by atoms with Crippen molar-refractivity contribution in [1.29, 1.82) is 0 Å². The second-order valence-electron chi connectivity index (χ2n) is 6.00. The van der Waals surface area contributed by atoms with Gasteiger partial charge in [0.1, 0.15) is 17.1 Å². The number of hydrogen-bond donors (Lipinski definition) is 0. The van der Waals surface area contributed by atoms with Gasteiger partial charge in [0, 0.05) is 17.5 Å². The van der Waals surface area contributed by atoms with Crippen molar-refractivity contribution in [3.8, 4) is 11.5 Å². The van der Waals surface area contributed by atoms with Crippen molar-refractivity contribution in [3.63, 3.8) is 0 Å². The van der Waals surface area contributed by atoms with E-state index in [0.29, 0.717) is 23.5 Å². The number of carbonyl (C=O) groups excluding carboxylic acids is 2. The normalized spacial score (nSPS) is 11.0. The van der Waals surface area contributed by atoms with Gasteiger partial charge in [0.2, 0.25) is 0 Å². The Morgan fingerprint density at radius 1 is 1.05 bits per heavy atom. The minimum Gasteiger partial charge on any atom is -0.496 e. The largest absolute Gasteiger partial charge is 0.496 e. The fourth-order valence-electron chi connectivity index (χ4n) is 2.05. The van der Waals surface area contributed by atoms with Crippen molar-refractivity contribution < 1.29 is 23.8 Å². The van der Waals surface area contributed by atoms with Crippen LogP contribution in [0, 0.1) is 0 Å².